The second-order valence-corrected chi connectivity index (χ2v) is 10.1. The van der Waals surface area contributed by atoms with Gasteiger partial charge in [-0.3, -0.25) is 4.79 Å². The number of aromatic amines is 1. The average Bonchev–Trinajstić information content (AvgIpc) is 3.36. The number of likely N-dealkylation sites (tertiary alicyclic amines) is 1. The number of nitrogens with zero attached hydrogens (tertiary/aromatic N) is 4. The molecule has 1 fully saturated rings. The fourth-order valence-corrected chi connectivity index (χ4v) is 5.87. The molecule has 1 aromatic carbocycles. The minimum absolute atomic E-state index is 0.185. The second kappa shape index (κ2) is 8.55. The standard InChI is InChI=1S/C22H22FN5OS2/c1-13-10-16-21(24-12-25-22(16)31-13)30-9-6-19(29)28-7-4-14(5-8-28)20-26-17-3-2-15(23)11-18(17)27-20/h2-3,10-12,14H,4-9H2,1H3,(H,26,27). The molecule has 9 heteroatoms. The molecule has 1 amide bonds. The van der Waals surface area contributed by atoms with Crippen LogP contribution in [0.25, 0.3) is 21.3 Å². The number of thioether (sulfide) groups is 1. The molecule has 4 heterocycles. The quantitative estimate of drug-likeness (QED) is 0.342. The number of aryl methyl sites for hydroxylation is 1. The van der Waals surface area contributed by atoms with Crippen LogP contribution in [0.2, 0.25) is 0 Å². The van der Waals surface area contributed by atoms with Crippen molar-refractivity contribution in [2.75, 3.05) is 18.8 Å². The maximum atomic E-state index is 13.4. The highest BCUT2D eigenvalue weighted by Gasteiger charge is 2.25. The van der Waals surface area contributed by atoms with Crippen molar-refractivity contribution >= 4 is 50.3 Å². The molecule has 0 aliphatic carbocycles. The van der Waals surface area contributed by atoms with Gasteiger partial charge in [-0.15, -0.1) is 23.1 Å². The van der Waals surface area contributed by atoms with Crippen molar-refractivity contribution in [1.82, 2.24) is 24.8 Å². The molecule has 3 aromatic heterocycles. The average molecular weight is 456 g/mol. The summed E-state index contributed by atoms with van der Waals surface area (Å²) in [7, 11) is 0. The lowest BCUT2D eigenvalue weighted by Gasteiger charge is -2.31. The molecule has 0 radical (unpaired) electrons. The number of hydrogen-bond donors (Lipinski definition) is 1. The summed E-state index contributed by atoms with van der Waals surface area (Å²) in [6.45, 7) is 3.51. The molecule has 1 aliphatic heterocycles. The first-order valence-electron chi connectivity index (χ1n) is 10.3. The number of nitrogens with one attached hydrogen (secondary N) is 1. The Morgan fingerprint density at radius 1 is 1.29 bits per heavy atom. The van der Waals surface area contributed by atoms with Crippen molar-refractivity contribution in [3.63, 3.8) is 0 Å². The van der Waals surface area contributed by atoms with Crippen molar-refractivity contribution < 1.29 is 9.18 Å². The van der Waals surface area contributed by atoms with Gasteiger partial charge in [0.25, 0.3) is 0 Å². The van der Waals surface area contributed by atoms with Crippen molar-refractivity contribution in [3.8, 4) is 0 Å². The highest BCUT2D eigenvalue weighted by atomic mass is 32.2. The van der Waals surface area contributed by atoms with Gasteiger partial charge >= 0.3 is 0 Å². The van der Waals surface area contributed by atoms with Crippen LogP contribution in [0.5, 0.6) is 0 Å². The van der Waals surface area contributed by atoms with E-state index in [0.717, 1.165) is 58.0 Å². The summed E-state index contributed by atoms with van der Waals surface area (Å²) in [5.74, 6) is 1.78. The number of rotatable bonds is 5. The van der Waals surface area contributed by atoms with Crippen LogP contribution in [0.4, 0.5) is 4.39 Å². The molecule has 160 valence electrons. The van der Waals surface area contributed by atoms with Gasteiger partial charge in [-0.1, -0.05) is 0 Å². The number of thiophene rings is 1. The van der Waals surface area contributed by atoms with Gasteiger partial charge in [0.05, 0.1) is 11.0 Å². The third kappa shape index (κ3) is 4.29. The molecule has 0 spiro atoms. The van der Waals surface area contributed by atoms with Gasteiger partial charge in [-0.2, -0.15) is 0 Å². The number of piperidine rings is 1. The van der Waals surface area contributed by atoms with Gasteiger partial charge in [0.2, 0.25) is 5.91 Å². The van der Waals surface area contributed by atoms with Gasteiger partial charge in [0, 0.05) is 41.4 Å². The number of carbonyl (C=O) groups excluding carboxylic acids is 1. The molecule has 4 aromatic rings. The van der Waals surface area contributed by atoms with Crippen LogP contribution < -0.4 is 0 Å². The maximum Gasteiger partial charge on any atom is 0.223 e. The zero-order valence-electron chi connectivity index (χ0n) is 17.1. The SMILES string of the molecule is Cc1cc2c(SCCC(=O)N3CCC(c4nc5ccc(F)cc5[nH]4)CC3)ncnc2s1. The molecule has 1 N–H and O–H groups in total. The first-order valence-corrected chi connectivity index (χ1v) is 12.1. The monoisotopic (exact) mass is 455 g/mol. The van der Waals surface area contributed by atoms with Crippen molar-refractivity contribution in [1.29, 1.82) is 0 Å². The Morgan fingerprint density at radius 3 is 2.97 bits per heavy atom. The van der Waals surface area contributed by atoms with E-state index in [1.807, 2.05) is 4.90 Å². The van der Waals surface area contributed by atoms with Crippen molar-refractivity contribution in [3.05, 3.63) is 47.1 Å². The second-order valence-electron chi connectivity index (χ2n) is 7.79. The smallest absolute Gasteiger partial charge is 0.223 e. The van der Waals surface area contributed by atoms with Crippen LogP contribution in [-0.2, 0) is 4.79 Å². The van der Waals surface area contributed by atoms with E-state index in [2.05, 4.69) is 32.9 Å². The zero-order chi connectivity index (χ0) is 21.4. The number of imidazole rings is 1. The topological polar surface area (TPSA) is 74.8 Å². The predicted octanol–water partition coefficient (Wildman–Crippen LogP) is 4.90. The number of H-pyrrole nitrogens is 1. The van der Waals surface area contributed by atoms with Crippen LogP contribution in [0, 0.1) is 12.7 Å². The van der Waals surface area contributed by atoms with E-state index in [0.29, 0.717) is 12.2 Å². The van der Waals surface area contributed by atoms with E-state index >= 15 is 0 Å². The van der Waals surface area contributed by atoms with E-state index in [-0.39, 0.29) is 17.6 Å². The third-order valence-corrected chi connectivity index (χ3v) is 7.63. The Bertz CT molecular complexity index is 1250. The summed E-state index contributed by atoms with van der Waals surface area (Å²) in [5.41, 5.74) is 1.51. The first-order chi connectivity index (χ1) is 15.1. The number of aromatic nitrogens is 4. The van der Waals surface area contributed by atoms with Crippen LogP contribution in [0.15, 0.2) is 35.6 Å². The van der Waals surface area contributed by atoms with Crippen molar-refractivity contribution in [2.24, 2.45) is 0 Å². The molecule has 31 heavy (non-hydrogen) atoms. The molecule has 1 saturated heterocycles. The van der Waals surface area contributed by atoms with Crippen LogP contribution in [-0.4, -0.2) is 49.6 Å². The minimum atomic E-state index is -0.266. The van der Waals surface area contributed by atoms with Gasteiger partial charge in [-0.25, -0.2) is 19.3 Å². The fraction of sp³-hybridized carbons (Fsp3) is 0.364. The highest BCUT2D eigenvalue weighted by Crippen LogP contribution is 2.31. The molecule has 5 rings (SSSR count). The number of hydrogen-bond acceptors (Lipinski definition) is 6. The summed E-state index contributed by atoms with van der Waals surface area (Å²) in [6.07, 6.45) is 3.82. The zero-order valence-corrected chi connectivity index (χ0v) is 18.7. The first kappa shape index (κ1) is 20.4. The number of carbonyl (C=O) groups is 1. The van der Waals surface area contributed by atoms with E-state index < -0.39 is 0 Å². The van der Waals surface area contributed by atoms with Crippen molar-refractivity contribution in [2.45, 2.75) is 37.1 Å². The maximum absolute atomic E-state index is 13.4. The molecule has 0 saturated carbocycles. The lowest BCUT2D eigenvalue weighted by Crippen LogP contribution is -2.38. The van der Waals surface area contributed by atoms with E-state index in [9.17, 15) is 9.18 Å². The molecular formula is C22H22FN5OS2. The Labute approximate surface area is 187 Å². The Hall–Kier alpha value is -2.52. The number of halogens is 1. The van der Waals surface area contributed by atoms with E-state index in [4.69, 9.17) is 0 Å². The third-order valence-electron chi connectivity index (χ3n) is 5.67. The van der Waals surface area contributed by atoms with E-state index in [1.165, 1.54) is 17.0 Å². The molecule has 0 bridgehead atoms. The van der Waals surface area contributed by atoms with Gasteiger partial charge < -0.3 is 9.88 Å². The Morgan fingerprint density at radius 2 is 2.13 bits per heavy atom. The van der Waals surface area contributed by atoms with Gasteiger partial charge in [0.1, 0.15) is 27.8 Å². The van der Waals surface area contributed by atoms with E-state index in [1.54, 1.807) is 35.5 Å². The summed E-state index contributed by atoms with van der Waals surface area (Å²) in [6, 6.07) is 6.72. The van der Waals surface area contributed by atoms with Gasteiger partial charge in [0.15, 0.2) is 0 Å². The molecule has 0 atom stereocenters. The summed E-state index contributed by atoms with van der Waals surface area (Å²) in [4.78, 5) is 33.4. The lowest BCUT2D eigenvalue weighted by atomic mass is 9.96. The summed E-state index contributed by atoms with van der Waals surface area (Å²) < 4.78 is 13.4. The van der Waals surface area contributed by atoms with Crippen LogP contribution >= 0.6 is 23.1 Å². The number of amides is 1. The van der Waals surface area contributed by atoms with Gasteiger partial charge in [-0.05, 0) is 44.0 Å². The minimum Gasteiger partial charge on any atom is -0.343 e. The molecular weight excluding hydrogens is 433 g/mol. The number of benzene rings is 1. The molecule has 6 nitrogen and oxygen atoms in total. The Balaban J connectivity index is 1.14. The predicted molar refractivity (Wildman–Crippen MR) is 122 cm³/mol. The molecule has 0 unspecified atom stereocenters. The lowest BCUT2D eigenvalue weighted by molar-refractivity contribution is -0.131. The summed E-state index contributed by atoms with van der Waals surface area (Å²) >= 11 is 3.28. The highest BCUT2D eigenvalue weighted by molar-refractivity contribution is 7.99. The summed E-state index contributed by atoms with van der Waals surface area (Å²) in [5, 5.41) is 2.02. The van der Waals surface area contributed by atoms with Crippen LogP contribution in [0.1, 0.15) is 35.9 Å². The Kier molecular flexibility index (Phi) is 5.62. The number of fused-ring (bicyclic) bond motifs is 2. The largest absolute Gasteiger partial charge is 0.343 e. The van der Waals surface area contributed by atoms with Crippen LogP contribution in [0.3, 0.4) is 0 Å². The fourth-order valence-electron chi connectivity index (χ4n) is 4.06. The normalized spacial score (nSPS) is 15.2. The molecule has 1 aliphatic rings.